The number of benzene rings is 1. The molecule has 1 aromatic rings. The van der Waals surface area contributed by atoms with Gasteiger partial charge in [0.05, 0.1) is 11.8 Å². The van der Waals surface area contributed by atoms with E-state index in [9.17, 15) is 14.0 Å². The van der Waals surface area contributed by atoms with Crippen LogP contribution < -0.4 is 9.64 Å². The molecule has 0 spiro atoms. The Balaban J connectivity index is 0.00000306. The second-order valence-corrected chi connectivity index (χ2v) is 9.32. The van der Waals surface area contributed by atoms with Crippen LogP contribution in [-0.2, 0) is 9.59 Å². The second kappa shape index (κ2) is 12.6. The zero-order chi connectivity index (χ0) is 22.3. The fourth-order valence-corrected chi connectivity index (χ4v) is 5.07. The van der Waals surface area contributed by atoms with Gasteiger partial charge in [0.2, 0.25) is 11.8 Å². The molecule has 8 heteroatoms. The molecule has 0 bridgehead atoms. The van der Waals surface area contributed by atoms with Crippen molar-refractivity contribution in [2.75, 3.05) is 44.2 Å². The van der Waals surface area contributed by atoms with E-state index in [4.69, 9.17) is 4.74 Å². The molecule has 0 N–H and O–H groups in total. The molecular formula is C25H37ClFN3O3. The number of halogens is 2. The van der Waals surface area contributed by atoms with Crippen LogP contribution in [-0.4, -0.2) is 67.0 Å². The fraction of sp³-hybridized carbons (Fsp3) is 0.680. The van der Waals surface area contributed by atoms with Gasteiger partial charge in [-0.1, -0.05) is 6.42 Å². The van der Waals surface area contributed by atoms with Crippen molar-refractivity contribution in [1.29, 1.82) is 0 Å². The summed E-state index contributed by atoms with van der Waals surface area (Å²) < 4.78 is 20.2. The summed E-state index contributed by atoms with van der Waals surface area (Å²) in [7, 11) is 0. The van der Waals surface area contributed by atoms with E-state index >= 15 is 0 Å². The van der Waals surface area contributed by atoms with Crippen molar-refractivity contribution in [2.45, 2.75) is 70.3 Å². The summed E-state index contributed by atoms with van der Waals surface area (Å²) in [4.78, 5) is 29.9. The van der Waals surface area contributed by atoms with Crippen molar-refractivity contribution in [3.63, 3.8) is 0 Å². The summed E-state index contributed by atoms with van der Waals surface area (Å²) >= 11 is 0. The average molecular weight is 482 g/mol. The fourth-order valence-electron chi connectivity index (χ4n) is 5.07. The first-order valence-electron chi connectivity index (χ1n) is 12.4. The number of piperidine rings is 1. The molecule has 184 valence electrons. The number of piperazine rings is 1. The lowest BCUT2D eigenvalue weighted by Crippen LogP contribution is -2.46. The van der Waals surface area contributed by atoms with Gasteiger partial charge in [0.15, 0.2) is 0 Å². The summed E-state index contributed by atoms with van der Waals surface area (Å²) in [6.07, 6.45) is 9.53. The Morgan fingerprint density at radius 2 is 1.55 bits per heavy atom. The monoisotopic (exact) mass is 481 g/mol. The van der Waals surface area contributed by atoms with Gasteiger partial charge in [0.25, 0.3) is 0 Å². The minimum absolute atomic E-state index is 0. The molecule has 2 amide bonds. The third-order valence-corrected chi connectivity index (χ3v) is 6.97. The van der Waals surface area contributed by atoms with Gasteiger partial charge in [-0.15, -0.1) is 12.4 Å². The van der Waals surface area contributed by atoms with Crippen LogP contribution in [0.4, 0.5) is 10.1 Å². The second-order valence-electron chi connectivity index (χ2n) is 9.32. The third-order valence-electron chi connectivity index (χ3n) is 6.97. The Kier molecular flexibility index (Phi) is 9.80. The third kappa shape index (κ3) is 7.06. The molecule has 1 aromatic carbocycles. The summed E-state index contributed by atoms with van der Waals surface area (Å²) in [5, 5.41) is 0. The summed E-state index contributed by atoms with van der Waals surface area (Å²) in [6, 6.07) is 4.89. The van der Waals surface area contributed by atoms with E-state index in [0.717, 1.165) is 76.3 Å². The highest BCUT2D eigenvalue weighted by Crippen LogP contribution is 2.33. The maximum absolute atomic E-state index is 14.0. The number of imide groups is 1. The van der Waals surface area contributed by atoms with Crippen molar-refractivity contribution in [3.8, 4) is 5.75 Å². The number of hydrogen-bond donors (Lipinski definition) is 0. The van der Waals surface area contributed by atoms with E-state index in [-0.39, 0.29) is 36.1 Å². The SMILES string of the molecule is Cl.O=C1CCCC(=O)N1CCCCCN1CCN(c2cc(F)ccc2OC2CCCC2)CC1. The average Bonchev–Trinajstić information content (AvgIpc) is 3.30. The Morgan fingerprint density at radius 1 is 0.879 bits per heavy atom. The lowest BCUT2D eigenvalue weighted by molar-refractivity contribution is -0.148. The maximum atomic E-state index is 14.0. The predicted octanol–water partition coefficient (Wildman–Crippen LogP) is 4.40. The maximum Gasteiger partial charge on any atom is 0.229 e. The van der Waals surface area contributed by atoms with Crippen molar-refractivity contribution >= 4 is 29.9 Å². The van der Waals surface area contributed by atoms with Gasteiger partial charge in [-0.05, 0) is 63.6 Å². The molecule has 1 saturated carbocycles. The Hall–Kier alpha value is -1.86. The topological polar surface area (TPSA) is 53.1 Å². The highest BCUT2D eigenvalue weighted by molar-refractivity contribution is 5.97. The van der Waals surface area contributed by atoms with Crippen molar-refractivity contribution in [1.82, 2.24) is 9.80 Å². The van der Waals surface area contributed by atoms with Crippen LogP contribution in [0, 0.1) is 5.82 Å². The quantitative estimate of drug-likeness (QED) is 0.386. The molecule has 3 fully saturated rings. The van der Waals surface area contributed by atoms with Gasteiger partial charge in [-0.25, -0.2) is 4.39 Å². The van der Waals surface area contributed by atoms with Crippen molar-refractivity contribution in [2.24, 2.45) is 0 Å². The Morgan fingerprint density at radius 3 is 2.24 bits per heavy atom. The van der Waals surface area contributed by atoms with Gasteiger partial charge in [-0.3, -0.25) is 19.4 Å². The first-order chi connectivity index (χ1) is 15.6. The van der Waals surface area contributed by atoms with E-state index in [2.05, 4.69) is 9.80 Å². The number of rotatable bonds is 9. The van der Waals surface area contributed by atoms with Crippen LogP contribution in [0.5, 0.6) is 5.75 Å². The molecule has 6 nitrogen and oxygen atoms in total. The van der Waals surface area contributed by atoms with Crippen LogP contribution in [0.1, 0.15) is 64.2 Å². The predicted molar refractivity (Wildman–Crippen MR) is 130 cm³/mol. The number of ether oxygens (including phenoxy) is 1. The number of amides is 2. The molecule has 0 unspecified atom stereocenters. The number of carbonyl (C=O) groups excluding carboxylic acids is 2. The number of nitrogens with zero attached hydrogens (tertiary/aromatic N) is 3. The lowest BCUT2D eigenvalue weighted by atomic mass is 10.1. The molecule has 4 rings (SSSR count). The Labute approximate surface area is 202 Å². The van der Waals surface area contributed by atoms with Crippen molar-refractivity contribution < 1.29 is 18.7 Å². The van der Waals surface area contributed by atoms with Crippen LogP contribution >= 0.6 is 12.4 Å². The number of carbonyl (C=O) groups is 2. The zero-order valence-electron chi connectivity index (χ0n) is 19.5. The molecule has 2 aliphatic heterocycles. The number of unbranched alkanes of at least 4 members (excludes halogenated alkanes) is 2. The highest BCUT2D eigenvalue weighted by atomic mass is 35.5. The summed E-state index contributed by atoms with van der Waals surface area (Å²) in [6.45, 7) is 5.20. The van der Waals surface area contributed by atoms with Crippen LogP contribution in [0.25, 0.3) is 0 Å². The smallest absolute Gasteiger partial charge is 0.229 e. The minimum atomic E-state index is -0.216. The first kappa shape index (κ1) is 25.8. The molecule has 0 atom stereocenters. The number of likely N-dealkylation sites (tertiary alicyclic amines) is 1. The van der Waals surface area contributed by atoms with E-state index in [1.54, 1.807) is 12.1 Å². The van der Waals surface area contributed by atoms with E-state index in [0.29, 0.717) is 25.8 Å². The molecule has 1 aliphatic carbocycles. The van der Waals surface area contributed by atoms with Crippen molar-refractivity contribution in [3.05, 3.63) is 24.0 Å². The summed E-state index contributed by atoms with van der Waals surface area (Å²) in [5.41, 5.74) is 0.882. The van der Waals surface area contributed by atoms with Gasteiger partial charge < -0.3 is 9.64 Å². The lowest BCUT2D eigenvalue weighted by Gasteiger charge is -2.37. The molecule has 3 aliphatic rings. The first-order valence-corrected chi connectivity index (χ1v) is 12.4. The molecule has 2 heterocycles. The summed E-state index contributed by atoms with van der Waals surface area (Å²) in [5.74, 6) is 0.581. The highest BCUT2D eigenvalue weighted by Gasteiger charge is 2.25. The number of anilines is 1. The van der Waals surface area contributed by atoms with Gasteiger partial charge in [0.1, 0.15) is 11.6 Å². The molecule has 0 aromatic heterocycles. The van der Waals surface area contributed by atoms with Gasteiger partial charge in [-0.2, -0.15) is 0 Å². The van der Waals surface area contributed by atoms with E-state index in [1.807, 2.05) is 0 Å². The Bertz CT molecular complexity index is 779. The number of hydrogen-bond acceptors (Lipinski definition) is 5. The molecule has 0 radical (unpaired) electrons. The standard InChI is InChI=1S/C25H36FN3O3.ClH/c26-20-11-12-23(32-21-7-2-3-8-21)22(19-20)28-17-15-27(16-18-28)13-4-1-5-14-29-24(30)9-6-10-25(29)31;/h11-12,19,21H,1-10,13-18H2;1H. The van der Waals surface area contributed by atoms with Crippen LogP contribution in [0.15, 0.2) is 18.2 Å². The zero-order valence-corrected chi connectivity index (χ0v) is 20.3. The van der Waals surface area contributed by atoms with Crippen LogP contribution in [0.2, 0.25) is 0 Å². The van der Waals surface area contributed by atoms with Crippen LogP contribution in [0.3, 0.4) is 0 Å². The molecule has 2 saturated heterocycles. The minimum Gasteiger partial charge on any atom is -0.488 e. The van der Waals surface area contributed by atoms with Gasteiger partial charge >= 0.3 is 0 Å². The van der Waals surface area contributed by atoms with Gasteiger partial charge in [0, 0.05) is 51.6 Å². The van der Waals surface area contributed by atoms with E-state index in [1.165, 1.54) is 23.8 Å². The van der Waals surface area contributed by atoms with E-state index < -0.39 is 0 Å². The largest absolute Gasteiger partial charge is 0.488 e. The molecular weight excluding hydrogens is 445 g/mol. The normalized spacial score (nSPS) is 20.3. The molecule has 33 heavy (non-hydrogen) atoms.